The smallest absolute Gasteiger partial charge is 0.223 e. The molecule has 20 heavy (non-hydrogen) atoms. The van der Waals surface area contributed by atoms with Gasteiger partial charge in [-0.3, -0.25) is 0 Å². The van der Waals surface area contributed by atoms with Crippen LogP contribution in [0.3, 0.4) is 0 Å². The van der Waals surface area contributed by atoms with Crippen molar-refractivity contribution in [3.63, 3.8) is 0 Å². The van der Waals surface area contributed by atoms with Gasteiger partial charge in [0.15, 0.2) is 0 Å². The van der Waals surface area contributed by atoms with Crippen LogP contribution in [0.2, 0.25) is 0 Å². The van der Waals surface area contributed by atoms with E-state index >= 15 is 0 Å². The van der Waals surface area contributed by atoms with Gasteiger partial charge >= 0.3 is 0 Å². The standard InChI is InChI=1S/C13H19N7/c1-3-5-16-11-7-12(20-13(14)19-11)17-8-10-4-6-15-9(2)18-10/h4,6-7H,3,5,8H2,1-2H3,(H4,14,16,17,19,20). The Morgan fingerprint density at radius 2 is 1.90 bits per heavy atom. The molecule has 0 fully saturated rings. The predicted molar refractivity (Wildman–Crippen MR) is 79.3 cm³/mol. The normalized spacial score (nSPS) is 10.3. The Morgan fingerprint density at radius 3 is 2.60 bits per heavy atom. The van der Waals surface area contributed by atoms with Crippen LogP contribution in [-0.4, -0.2) is 26.5 Å². The summed E-state index contributed by atoms with van der Waals surface area (Å²) >= 11 is 0. The molecule has 2 heterocycles. The van der Waals surface area contributed by atoms with Gasteiger partial charge < -0.3 is 16.4 Å². The van der Waals surface area contributed by atoms with Gasteiger partial charge in [-0.2, -0.15) is 9.97 Å². The molecule has 7 heteroatoms. The van der Waals surface area contributed by atoms with E-state index in [1.807, 2.05) is 19.1 Å². The van der Waals surface area contributed by atoms with E-state index in [4.69, 9.17) is 5.73 Å². The molecule has 0 spiro atoms. The molecule has 0 aromatic carbocycles. The van der Waals surface area contributed by atoms with Crippen molar-refractivity contribution in [2.24, 2.45) is 0 Å². The lowest BCUT2D eigenvalue weighted by atomic mass is 10.4. The summed E-state index contributed by atoms with van der Waals surface area (Å²) in [5, 5.41) is 6.37. The minimum absolute atomic E-state index is 0.243. The third-order valence-electron chi connectivity index (χ3n) is 2.58. The largest absolute Gasteiger partial charge is 0.370 e. The molecule has 0 aliphatic carbocycles. The Bertz CT molecular complexity index is 570. The number of rotatable bonds is 6. The van der Waals surface area contributed by atoms with Crippen LogP contribution in [0.1, 0.15) is 24.9 Å². The third-order valence-corrected chi connectivity index (χ3v) is 2.58. The summed E-state index contributed by atoms with van der Waals surface area (Å²) in [7, 11) is 0. The topological polar surface area (TPSA) is 102 Å². The highest BCUT2D eigenvalue weighted by molar-refractivity contribution is 5.51. The molecular formula is C13H19N7. The number of hydrogen-bond donors (Lipinski definition) is 3. The van der Waals surface area contributed by atoms with E-state index in [9.17, 15) is 0 Å². The zero-order valence-electron chi connectivity index (χ0n) is 11.7. The fraction of sp³-hybridized carbons (Fsp3) is 0.385. The van der Waals surface area contributed by atoms with Crippen LogP contribution < -0.4 is 16.4 Å². The fourth-order valence-corrected chi connectivity index (χ4v) is 1.68. The quantitative estimate of drug-likeness (QED) is 0.734. The van der Waals surface area contributed by atoms with Crippen molar-refractivity contribution in [1.82, 2.24) is 19.9 Å². The Hall–Kier alpha value is -2.44. The van der Waals surface area contributed by atoms with Gasteiger partial charge in [0.05, 0.1) is 12.2 Å². The summed E-state index contributed by atoms with van der Waals surface area (Å²) in [6.45, 7) is 5.36. The molecule has 0 bridgehead atoms. The van der Waals surface area contributed by atoms with Crippen LogP contribution >= 0.6 is 0 Å². The molecule has 106 valence electrons. The second kappa shape index (κ2) is 6.65. The molecule has 0 aliphatic rings. The van der Waals surface area contributed by atoms with Crippen molar-refractivity contribution < 1.29 is 0 Å². The maximum atomic E-state index is 5.70. The van der Waals surface area contributed by atoms with Gasteiger partial charge in [0, 0.05) is 18.8 Å². The molecular weight excluding hydrogens is 254 g/mol. The fourth-order valence-electron chi connectivity index (χ4n) is 1.68. The van der Waals surface area contributed by atoms with Crippen molar-refractivity contribution in [2.45, 2.75) is 26.8 Å². The average molecular weight is 273 g/mol. The Labute approximate surface area is 118 Å². The summed E-state index contributed by atoms with van der Waals surface area (Å²) in [6, 6.07) is 3.70. The molecule has 0 atom stereocenters. The van der Waals surface area contributed by atoms with Crippen molar-refractivity contribution in [3.8, 4) is 0 Å². The highest BCUT2D eigenvalue weighted by Crippen LogP contribution is 2.13. The van der Waals surface area contributed by atoms with Crippen molar-refractivity contribution in [1.29, 1.82) is 0 Å². The Balaban J connectivity index is 2.03. The van der Waals surface area contributed by atoms with E-state index in [0.29, 0.717) is 12.4 Å². The zero-order chi connectivity index (χ0) is 14.4. The first kappa shape index (κ1) is 14.0. The number of aromatic nitrogens is 4. The molecule has 2 rings (SSSR count). The zero-order valence-corrected chi connectivity index (χ0v) is 11.7. The molecule has 7 nitrogen and oxygen atoms in total. The minimum atomic E-state index is 0.243. The Morgan fingerprint density at radius 1 is 1.15 bits per heavy atom. The molecule has 0 saturated heterocycles. The molecule has 0 unspecified atom stereocenters. The highest BCUT2D eigenvalue weighted by atomic mass is 15.1. The van der Waals surface area contributed by atoms with Gasteiger partial charge in [0.2, 0.25) is 5.95 Å². The van der Waals surface area contributed by atoms with Crippen molar-refractivity contribution in [3.05, 3.63) is 29.8 Å². The second-order valence-corrected chi connectivity index (χ2v) is 4.37. The molecule has 0 aliphatic heterocycles. The predicted octanol–water partition coefficient (Wildman–Crippen LogP) is 1.59. The first-order chi connectivity index (χ1) is 9.67. The molecule has 2 aromatic rings. The first-order valence-electron chi connectivity index (χ1n) is 6.58. The van der Waals surface area contributed by atoms with Crippen LogP contribution in [0.15, 0.2) is 18.3 Å². The van der Waals surface area contributed by atoms with Gasteiger partial charge in [0.25, 0.3) is 0 Å². The highest BCUT2D eigenvalue weighted by Gasteiger charge is 2.02. The average Bonchev–Trinajstić information content (AvgIpc) is 2.42. The SMILES string of the molecule is CCCNc1cc(NCc2ccnc(C)n2)nc(N)n1. The van der Waals surface area contributed by atoms with Gasteiger partial charge in [0.1, 0.15) is 17.5 Å². The van der Waals surface area contributed by atoms with E-state index < -0.39 is 0 Å². The summed E-state index contributed by atoms with van der Waals surface area (Å²) < 4.78 is 0. The molecule has 0 amide bonds. The maximum absolute atomic E-state index is 5.70. The van der Waals surface area contributed by atoms with Crippen LogP contribution in [0.5, 0.6) is 0 Å². The van der Waals surface area contributed by atoms with E-state index in [0.717, 1.165) is 30.3 Å². The third kappa shape index (κ3) is 4.04. The van der Waals surface area contributed by atoms with Crippen LogP contribution in [-0.2, 0) is 6.54 Å². The number of nitrogens with one attached hydrogen (secondary N) is 2. The van der Waals surface area contributed by atoms with Gasteiger partial charge in [-0.15, -0.1) is 0 Å². The lowest BCUT2D eigenvalue weighted by molar-refractivity contribution is 0.944. The number of aryl methyl sites for hydroxylation is 1. The van der Waals surface area contributed by atoms with Gasteiger partial charge in [-0.05, 0) is 19.4 Å². The molecule has 4 N–H and O–H groups in total. The maximum Gasteiger partial charge on any atom is 0.223 e. The van der Waals surface area contributed by atoms with E-state index in [2.05, 4.69) is 37.5 Å². The minimum Gasteiger partial charge on any atom is -0.370 e. The monoisotopic (exact) mass is 273 g/mol. The van der Waals surface area contributed by atoms with E-state index in [1.54, 1.807) is 6.20 Å². The molecule has 2 aromatic heterocycles. The summed E-state index contributed by atoms with van der Waals surface area (Å²) in [5.74, 6) is 2.39. The van der Waals surface area contributed by atoms with Crippen LogP contribution in [0, 0.1) is 6.92 Å². The Kier molecular flexibility index (Phi) is 4.65. The first-order valence-corrected chi connectivity index (χ1v) is 6.58. The lowest BCUT2D eigenvalue weighted by Gasteiger charge is -2.09. The second-order valence-electron chi connectivity index (χ2n) is 4.37. The van der Waals surface area contributed by atoms with Gasteiger partial charge in [-0.25, -0.2) is 9.97 Å². The molecule has 0 saturated carbocycles. The molecule has 0 radical (unpaired) electrons. The summed E-state index contributed by atoms with van der Waals surface area (Å²) in [5.41, 5.74) is 6.60. The van der Waals surface area contributed by atoms with E-state index in [1.165, 1.54) is 0 Å². The van der Waals surface area contributed by atoms with Crippen molar-refractivity contribution in [2.75, 3.05) is 22.9 Å². The van der Waals surface area contributed by atoms with Crippen LogP contribution in [0.4, 0.5) is 17.6 Å². The number of nitrogens with two attached hydrogens (primary N) is 1. The van der Waals surface area contributed by atoms with E-state index in [-0.39, 0.29) is 5.95 Å². The number of hydrogen-bond acceptors (Lipinski definition) is 7. The summed E-state index contributed by atoms with van der Waals surface area (Å²) in [4.78, 5) is 16.7. The number of nitrogens with zero attached hydrogens (tertiary/aromatic N) is 4. The van der Waals surface area contributed by atoms with Gasteiger partial charge in [-0.1, -0.05) is 6.92 Å². The van der Waals surface area contributed by atoms with Crippen LogP contribution in [0.25, 0.3) is 0 Å². The lowest BCUT2D eigenvalue weighted by Crippen LogP contribution is -2.09. The summed E-state index contributed by atoms with van der Waals surface area (Å²) in [6.07, 6.45) is 2.76. The number of anilines is 3. The number of nitrogen functional groups attached to an aromatic ring is 1. The van der Waals surface area contributed by atoms with Crippen molar-refractivity contribution >= 4 is 17.6 Å².